The molecule has 0 unspecified atom stereocenters. The molecule has 104 valence electrons. The van der Waals surface area contributed by atoms with Gasteiger partial charge in [-0.05, 0) is 16.4 Å². The van der Waals surface area contributed by atoms with E-state index in [1.807, 2.05) is 24.3 Å². The van der Waals surface area contributed by atoms with Crippen LogP contribution in [0, 0.1) is 10.8 Å². The van der Waals surface area contributed by atoms with Crippen molar-refractivity contribution in [2.24, 2.45) is 21.7 Å². The van der Waals surface area contributed by atoms with E-state index in [-0.39, 0.29) is 5.84 Å². The van der Waals surface area contributed by atoms with Crippen LogP contribution in [-0.2, 0) is 6.54 Å². The van der Waals surface area contributed by atoms with E-state index in [1.165, 1.54) is 5.56 Å². The summed E-state index contributed by atoms with van der Waals surface area (Å²) < 4.78 is 0. The summed E-state index contributed by atoms with van der Waals surface area (Å²) in [5.74, 6) is 0.143. The molecule has 4 N–H and O–H groups in total. The minimum Gasteiger partial charge on any atom is -0.409 e. The van der Waals surface area contributed by atoms with Crippen molar-refractivity contribution < 1.29 is 5.21 Å². The molecule has 0 amide bonds. The van der Waals surface area contributed by atoms with Crippen LogP contribution in [-0.4, -0.2) is 17.1 Å². The summed E-state index contributed by atoms with van der Waals surface area (Å²) in [4.78, 5) is 0. The SMILES string of the molecule is CC1(C)C(NCc2ccc(C(N)=NO)cc2)C1(C)C. The van der Waals surface area contributed by atoms with E-state index in [2.05, 4.69) is 38.2 Å². The third kappa shape index (κ3) is 2.32. The predicted octanol–water partition coefficient (Wildman–Crippen LogP) is 2.31. The van der Waals surface area contributed by atoms with E-state index in [9.17, 15) is 0 Å². The highest BCUT2D eigenvalue weighted by atomic mass is 16.4. The van der Waals surface area contributed by atoms with Gasteiger partial charge >= 0.3 is 0 Å². The summed E-state index contributed by atoms with van der Waals surface area (Å²) in [5.41, 5.74) is 8.16. The van der Waals surface area contributed by atoms with Crippen LogP contribution in [0.1, 0.15) is 38.8 Å². The first-order valence-electron chi connectivity index (χ1n) is 6.61. The topological polar surface area (TPSA) is 70.6 Å². The van der Waals surface area contributed by atoms with Crippen molar-refractivity contribution in [3.05, 3.63) is 35.4 Å². The van der Waals surface area contributed by atoms with Gasteiger partial charge in [0, 0.05) is 18.2 Å². The molecular formula is C15H23N3O. The Labute approximate surface area is 114 Å². The van der Waals surface area contributed by atoms with E-state index in [4.69, 9.17) is 10.9 Å². The number of nitrogens with zero attached hydrogens (tertiary/aromatic N) is 1. The van der Waals surface area contributed by atoms with E-state index in [0.717, 1.165) is 12.1 Å². The van der Waals surface area contributed by atoms with Gasteiger partial charge in [-0.25, -0.2) is 0 Å². The summed E-state index contributed by atoms with van der Waals surface area (Å²) in [7, 11) is 0. The lowest BCUT2D eigenvalue weighted by molar-refractivity contribution is 0.318. The fraction of sp³-hybridized carbons (Fsp3) is 0.533. The summed E-state index contributed by atoms with van der Waals surface area (Å²) in [6.45, 7) is 10.0. The first-order chi connectivity index (χ1) is 8.80. The maximum atomic E-state index is 8.61. The Morgan fingerprint density at radius 3 is 2.16 bits per heavy atom. The zero-order valence-corrected chi connectivity index (χ0v) is 12.1. The second kappa shape index (κ2) is 4.53. The second-order valence-corrected chi connectivity index (χ2v) is 6.44. The van der Waals surface area contributed by atoms with Crippen LogP contribution in [0.4, 0.5) is 0 Å². The van der Waals surface area contributed by atoms with Gasteiger partial charge in [0.15, 0.2) is 5.84 Å². The van der Waals surface area contributed by atoms with Gasteiger partial charge in [-0.15, -0.1) is 0 Å². The summed E-state index contributed by atoms with van der Waals surface area (Å²) >= 11 is 0. The van der Waals surface area contributed by atoms with Crippen molar-refractivity contribution >= 4 is 5.84 Å². The minimum atomic E-state index is 0.143. The van der Waals surface area contributed by atoms with Crippen LogP contribution < -0.4 is 11.1 Å². The molecule has 0 heterocycles. The average molecular weight is 261 g/mol. The fourth-order valence-corrected chi connectivity index (χ4v) is 2.78. The normalized spacial score (nSPS) is 21.4. The number of hydrogen-bond acceptors (Lipinski definition) is 3. The van der Waals surface area contributed by atoms with Gasteiger partial charge in [0.05, 0.1) is 0 Å². The lowest BCUT2D eigenvalue weighted by Crippen LogP contribution is -2.21. The molecule has 0 bridgehead atoms. The molecule has 1 aromatic carbocycles. The zero-order chi connectivity index (χ0) is 14.3. The maximum absolute atomic E-state index is 8.61. The largest absolute Gasteiger partial charge is 0.409 e. The number of hydrogen-bond donors (Lipinski definition) is 3. The van der Waals surface area contributed by atoms with Crippen molar-refractivity contribution in [3.63, 3.8) is 0 Å². The van der Waals surface area contributed by atoms with Crippen LogP contribution in [0.5, 0.6) is 0 Å². The molecule has 4 nitrogen and oxygen atoms in total. The molecule has 0 spiro atoms. The molecule has 0 atom stereocenters. The Bertz CT molecular complexity index is 475. The Hall–Kier alpha value is -1.55. The monoisotopic (exact) mass is 261 g/mol. The quantitative estimate of drug-likeness (QED) is 0.337. The lowest BCUT2D eigenvalue weighted by atomic mass is 10.0. The standard InChI is InChI=1S/C15H23N3O/c1-14(2)13(15(14,3)4)17-9-10-5-7-11(8-6-10)12(16)18-19/h5-8,13,17,19H,9H2,1-4H3,(H2,16,18). The fourth-order valence-electron chi connectivity index (χ4n) is 2.78. The number of nitrogens with one attached hydrogen (secondary N) is 1. The molecule has 1 saturated carbocycles. The van der Waals surface area contributed by atoms with Crippen LogP contribution in [0.2, 0.25) is 0 Å². The number of benzene rings is 1. The van der Waals surface area contributed by atoms with Gasteiger partial charge in [-0.2, -0.15) is 0 Å². The number of oxime groups is 1. The summed E-state index contributed by atoms with van der Waals surface area (Å²) in [5, 5.41) is 15.2. The van der Waals surface area contributed by atoms with Gasteiger partial charge in [0.25, 0.3) is 0 Å². The Balaban J connectivity index is 1.95. The number of amidine groups is 1. The predicted molar refractivity (Wildman–Crippen MR) is 77.1 cm³/mol. The third-order valence-corrected chi connectivity index (χ3v) is 4.89. The van der Waals surface area contributed by atoms with E-state index in [1.54, 1.807) is 0 Å². The molecule has 1 fully saturated rings. The number of rotatable bonds is 4. The smallest absolute Gasteiger partial charge is 0.170 e. The molecule has 0 saturated heterocycles. The molecule has 0 radical (unpaired) electrons. The van der Waals surface area contributed by atoms with Gasteiger partial charge in [-0.1, -0.05) is 57.1 Å². The number of nitrogens with two attached hydrogens (primary N) is 1. The molecule has 1 aliphatic rings. The highest BCUT2D eigenvalue weighted by molar-refractivity contribution is 5.96. The molecule has 2 rings (SSSR count). The van der Waals surface area contributed by atoms with Crippen LogP contribution >= 0.6 is 0 Å². The van der Waals surface area contributed by atoms with E-state index < -0.39 is 0 Å². The first-order valence-corrected chi connectivity index (χ1v) is 6.61. The van der Waals surface area contributed by atoms with Crippen LogP contribution in [0.15, 0.2) is 29.4 Å². The van der Waals surface area contributed by atoms with Crippen LogP contribution in [0.25, 0.3) is 0 Å². The highest BCUT2D eigenvalue weighted by Crippen LogP contribution is 2.62. The zero-order valence-electron chi connectivity index (χ0n) is 12.1. The van der Waals surface area contributed by atoms with Crippen molar-refractivity contribution in [2.75, 3.05) is 0 Å². The molecule has 0 aromatic heterocycles. The average Bonchev–Trinajstić information content (AvgIpc) is 2.77. The molecule has 19 heavy (non-hydrogen) atoms. The Morgan fingerprint density at radius 2 is 1.74 bits per heavy atom. The Morgan fingerprint density at radius 1 is 1.21 bits per heavy atom. The molecule has 0 aliphatic heterocycles. The van der Waals surface area contributed by atoms with Gasteiger partial charge < -0.3 is 16.3 Å². The second-order valence-electron chi connectivity index (χ2n) is 6.44. The molecule has 4 heteroatoms. The summed E-state index contributed by atoms with van der Waals surface area (Å²) in [6.07, 6.45) is 0. The first kappa shape index (κ1) is 13.9. The van der Waals surface area contributed by atoms with Crippen LogP contribution in [0.3, 0.4) is 0 Å². The third-order valence-electron chi connectivity index (χ3n) is 4.89. The lowest BCUT2D eigenvalue weighted by Gasteiger charge is -2.07. The van der Waals surface area contributed by atoms with E-state index >= 15 is 0 Å². The van der Waals surface area contributed by atoms with Gasteiger partial charge in [-0.3, -0.25) is 0 Å². The molecule has 1 aromatic rings. The highest BCUT2D eigenvalue weighted by Gasteiger charge is 2.64. The Kier molecular flexibility index (Phi) is 3.31. The van der Waals surface area contributed by atoms with Gasteiger partial charge in [0.2, 0.25) is 0 Å². The van der Waals surface area contributed by atoms with Gasteiger partial charge in [0.1, 0.15) is 0 Å². The minimum absolute atomic E-state index is 0.143. The van der Waals surface area contributed by atoms with Crippen molar-refractivity contribution in [1.82, 2.24) is 5.32 Å². The van der Waals surface area contributed by atoms with Crippen molar-refractivity contribution in [1.29, 1.82) is 0 Å². The van der Waals surface area contributed by atoms with Crippen molar-refractivity contribution in [3.8, 4) is 0 Å². The maximum Gasteiger partial charge on any atom is 0.170 e. The summed E-state index contributed by atoms with van der Waals surface area (Å²) in [6, 6.07) is 8.29. The van der Waals surface area contributed by atoms with Crippen molar-refractivity contribution in [2.45, 2.75) is 40.3 Å². The molecular weight excluding hydrogens is 238 g/mol. The molecule has 1 aliphatic carbocycles. The van der Waals surface area contributed by atoms with E-state index in [0.29, 0.717) is 16.9 Å².